The lowest BCUT2D eigenvalue weighted by Gasteiger charge is -2.16. The quantitative estimate of drug-likeness (QED) is 0.423. The van der Waals surface area contributed by atoms with E-state index >= 15 is 0 Å². The lowest BCUT2D eigenvalue weighted by molar-refractivity contribution is -0.113. The Morgan fingerprint density at radius 2 is 1.84 bits per heavy atom. The molecule has 0 aliphatic rings. The molecule has 9 heteroatoms. The minimum atomic E-state index is -0.698. The molecule has 0 aliphatic heterocycles. The number of carbonyl (C=O) groups is 1. The molecule has 3 rings (SSSR count). The average molecular weight is 461 g/mol. The zero-order valence-corrected chi connectivity index (χ0v) is 19.2. The summed E-state index contributed by atoms with van der Waals surface area (Å²) in [6, 6.07) is 10.9. The molecule has 6 nitrogen and oxygen atoms in total. The molecule has 1 N–H and O–H groups in total. The topological polar surface area (TPSA) is 69.0 Å². The molecule has 1 amide bonds. The number of amides is 1. The van der Waals surface area contributed by atoms with Gasteiger partial charge in [0.25, 0.3) is 0 Å². The molecule has 1 unspecified atom stereocenters. The number of halogens is 2. The van der Waals surface area contributed by atoms with Gasteiger partial charge in [-0.1, -0.05) is 37.7 Å². The molecule has 1 atom stereocenters. The van der Waals surface area contributed by atoms with Crippen LogP contribution in [0.1, 0.15) is 51.1 Å². The first-order chi connectivity index (χ1) is 15.3. The van der Waals surface area contributed by atoms with Crippen LogP contribution in [0.2, 0.25) is 0 Å². The first kappa shape index (κ1) is 23.7. The van der Waals surface area contributed by atoms with Gasteiger partial charge in [0.1, 0.15) is 17.4 Å². The molecule has 32 heavy (non-hydrogen) atoms. The second kappa shape index (κ2) is 10.6. The number of benzene rings is 2. The molecule has 1 aromatic heterocycles. The first-order valence-corrected chi connectivity index (χ1v) is 11.3. The molecule has 0 saturated heterocycles. The minimum Gasteiger partial charge on any atom is -0.483 e. The normalized spacial score (nSPS) is 12.1. The standard InChI is InChI=1S/C23H26F2N4O2S/c1-5-29-22(15(4)31-18-9-6-16(7-10-18)14(2)3)27-28-23(29)32-13-21(30)26-20-12-17(24)8-11-19(20)25/h6-12,14-15H,5,13H2,1-4H3,(H,26,30). The van der Waals surface area contributed by atoms with Crippen molar-refractivity contribution in [2.75, 3.05) is 11.1 Å². The SMILES string of the molecule is CCn1c(SCC(=O)Nc2cc(F)ccc2F)nnc1C(C)Oc1ccc(C(C)C)cc1. The van der Waals surface area contributed by atoms with Gasteiger partial charge < -0.3 is 14.6 Å². The Kier molecular flexibility index (Phi) is 7.84. The van der Waals surface area contributed by atoms with Gasteiger partial charge in [-0.15, -0.1) is 10.2 Å². The van der Waals surface area contributed by atoms with Crippen LogP contribution in [0.25, 0.3) is 0 Å². The number of nitrogens with one attached hydrogen (secondary N) is 1. The maximum absolute atomic E-state index is 13.7. The summed E-state index contributed by atoms with van der Waals surface area (Å²) in [4.78, 5) is 12.2. The van der Waals surface area contributed by atoms with Gasteiger partial charge >= 0.3 is 0 Å². The minimum absolute atomic E-state index is 0.0278. The summed E-state index contributed by atoms with van der Waals surface area (Å²) in [5.41, 5.74) is 1.04. The Hall–Kier alpha value is -2.94. The van der Waals surface area contributed by atoms with E-state index in [0.717, 1.165) is 35.7 Å². The second-order valence-electron chi connectivity index (χ2n) is 7.53. The van der Waals surface area contributed by atoms with Gasteiger partial charge in [-0.2, -0.15) is 0 Å². The Bertz CT molecular complexity index is 1070. The van der Waals surface area contributed by atoms with Crippen molar-refractivity contribution in [2.45, 2.75) is 51.4 Å². The molecule has 1 heterocycles. The van der Waals surface area contributed by atoms with Gasteiger partial charge in [0.2, 0.25) is 5.91 Å². The van der Waals surface area contributed by atoms with E-state index < -0.39 is 17.5 Å². The van der Waals surface area contributed by atoms with E-state index in [-0.39, 0.29) is 17.5 Å². The van der Waals surface area contributed by atoms with Crippen molar-refractivity contribution >= 4 is 23.4 Å². The van der Waals surface area contributed by atoms with Crippen LogP contribution in [0.15, 0.2) is 47.6 Å². The smallest absolute Gasteiger partial charge is 0.234 e. The Morgan fingerprint density at radius 1 is 1.12 bits per heavy atom. The highest BCUT2D eigenvalue weighted by Gasteiger charge is 2.20. The average Bonchev–Trinajstić information content (AvgIpc) is 3.18. The van der Waals surface area contributed by atoms with E-state index in [1.165, 1.54) is 5.56 Å². The van der Waals surface area contributed by atoms with Crippen LogP contribution in [-0.2, 0) is 11.3 Å². The fourth-order valence-electron chi connectivity index (χ4n) is 3.10. The van der Waals surface area contributed by atoms with Crippen molar-refractivity contribution in [3.8, 4) is 5.75 Å². The molecule has 0 radical (unpaired) electrons. The van der Waals surface area contributed by atoms with E-state index in [1.807, 2.05) is 42.7 Å². The molecule has 0 bridgehead atoms. The first-order valence-electron chi connectivity index (χ1n) is 10.4. The Labute approximate surface area is 190 Å². The van der Waals surface area contributed by atoms with Crippen LogP contribution >= 0.6 is 11.8 Å². The lowest BCUT2D eigenvalue weighted by Crippen LogP contribution is -2.16. The van der Waals surface area contributed by atoms with E-state index in [2.05, 4.69) is 29.4 Å². The van der Waals surface area contributed by atoms with Gasteiger partial charge in [-0.05, 0) is 49.6 Å². The number of carbonyl (C=O) groups excluding carboxylic acids is 1. The maximum Gasteiger partial charge on any atom is 0.234 e. The van der Waals surface area contributed by atoms with Crippen molar-refractivity contribution in [3.63, 3.8) is 0 Å². The molecular weight excluding hydrogens is 434 g/mol. The highest BCUT2D eigenvalue weighted by molar-refractivity contribution is 7.99. The summed E-state index contributed by atoms with van der Waals surface area (Å²) in [6.45, 7) is 8.70. The number of rotatable bonds is 9. The summed E-state index contributed by atoms with van der Waals surface area (Å²) in [5, 5.41) is 11.3. The van der Waals surface area contributed by atoms with Gasteiger partial charge in [0.15, 0.2) is 17.1 Å². The van der Waals surface area contributed by atoms with Crippen molar-refractivity contribution < 1.29 is 18.3 Å². The van der Waals surface area contributed by atoms with Crippen molar-refractivity contribution in [1.29, 1.82) is 0 Å². The molecule has 170 valence electrons. The summed E-state index contributed by atoms with van der Waals surface area (Å²) >= 11 is 1.16. The fraction of sp³-hybridized carbons (Fsp3) is 0.348. The summed E-state index contributed by atoms with van der Waals surface area (Å²) in [7, 11) is 0. The predicted octanol–water partition coefficient (Wildman–Crippen LogP) is 5.57. The van der Waals surface area contributed by atoms with Gasteiger partial charge in [0.05, 0.1) is 11.4 Å². The van der Waals surface area contributed by atoms with Gasteiger partial charge in [0, 0.05) is 12.6 Å². The van der Waals surface area contributed by atoms with Gasteiger partial charge in [-0.25, -0.2) is 8.78 Å². The summed E-state index contributed by atoms with van der Waals surface area (Å²) in [6.07, 6.45) is -0.350. The Balaban J connectivity index is 1.63. The second-order valence-corrected chi connectivity index (χ2v) is 8.47. The molecule has 0 spiro atoms. The van der Waals surface area contributed by atoms with E-state index in [0.29, 0.717) is 23.4 Å². The Morgan fingerprint density at radius 3 is 2.50 bits per heavy atom. The summed E-state index contributed by atoms with van der Waals surface area (Å²) in [5.74, 6) is -0.00780. The predicted molar refractivity (Wildman–Crippen MR) is 121 cm³/mol. The monoisotopic (exact) mass is 460 g/mol. The molecule has 0 aliphatic carbocycles. The van der Waals surface area contributed by atoms with Crippen molar-refractivity contribution in [1.82, 2.24) is 14.8 Å². The number of aromatic nitrogens is 3. The molecule has 0 saturated carbocycles. The highest BCUT2D eigenvalue weighted by Crippen LogP contribution is 2.26. The van der Waals surface area contributed by atoms with Crippen LogP contribution < -0.4 is 10.1 Å². The summed E-state index contributed by atoms with van der Waals surface area (Å²) < 4.78 is 34.9. The van der Waals surface area contributed by atoms with E-state index in [1.54, 1.807) is 0 Å². The zero-order chi connectivity index (χ0) is 23.3. The number of hydrogen-bond donors (Lipinski definition) is 1. The molecule has 2 aromatic carbocycles. The van der Waals surface area contributed by atoms with E-state index in [9.17, 15) is 13.6 Å². The number of hydrogen-bond acceptors (Lipinski definition) is 5. The maximum atomic E-state index is 13.7. The fourth-order valence-corrected chi connectivity index (χ4v) is 3.91. The number of anilines is 1. The van der Waals surface area contributed by atoms with Crippen molar-refractivity contribution in [3.05, 3.63) is 65.5 Å². The number of nitrogens with zero attached hydrogens (tertiary/aromatic N) is 3. The molecule has 3 aromatic rings. The number of ether oxygens (including phenoxy) is 1. The third-order valence-corrected chi connectivity index (χ3v) is 5.79. The molecular formula is C23H26F2N4O2S. The lowest BCUT2D eigenvalue weighted by atomic mass is 10.0. The molecule has 0 fully saturated rings. The van der Waals surface area contributed by atoms with Crippen LogP contribution in [0.5, 0.6) is 5.75 Å². The third-order valence-electron chi connectivity index (χ3n) is 4.82. The van der Waals surface area contributed by atoms with Crippen LogP contribution in [-0.4, -0.2) is 26.4 Å². The third kappa shape index (κ3) is 5.85. The van der Waals surface area contributed by atoms with Gasteiger partial charge in [-0.3, -0.25) is 4.79 Å². The van der Waals surface area contributed by atoms with E-state index in [4.69, 9.17) is 4.74 Å². The van der Waals surface area contributed by atoms with Crippen LogP contribution in [0.3, 0.4) is 0 Å². The zero-order valence-electron chi connectivity index (χ0n) is 18.4. The van der Waals surface area contributed by atoms with Crippen molar-refractivity contribution in [2.24, 2.45) is 0 Å². The number of thioether (sulfide) groups is 1. The largest absolute Gasteiger partial charge is 0.483 e. The van der Waals surface area contributed by atoms with Crippen LogP contribution in [0.4, 0.5) is 14.5 Å². The van der Waals surface area contributed by atoms with Crippen LogP contribution in [0, 0.1) is 11.6 Å². The highest BCUT2D eigenvalue weighted by atomic mass is 32.2.